The molecule has 2 nitrogen and oxygen atoms in total. The van der Waals surface area contributed by atoms with Crippen molar-refractivity contribution in [3.8, 4) is 28.2 Å². The third-order valence-corrected chi connectivity index (χ3v) is 5.99. The highest BCUT2D eigenvalue weighted by atomic mass is 15.1. The summed E-state index contributed by atoms with van der Waals surface area (Å²) in [5.74, 6) is 0.936. The Morgan fingerprint density at radius 1 is 0.562 bits per heavy atom. The number of aromatic nitrogens is 2. The van der Waals surface area contributed by atoms with E-state index in [9.17, 15) is 0 Å². The highest BCUT2D eigenvalue weighted by Gasteiger charge is 2.14. The van der Waals surface area contributed by atoms with E-state index in [0.29, 0.717) is 0 Å². The second-order valence-electron chi connectivity index (χ2n) is 7.92. The van der Waals surface area contributed by atoms with Crippen LogP contribution in [0.5, 0.6) is 0 Å². The summed E-state index contributed by atoms with van der Waals surface area (Å²) in [6.07, 6.45) is 0. The molecule has 5 aromatic carbocycles. The summed E-state index contributed by atoms with van der Waals surface area (Å²) in [6.45, 7) is 0. The van der Waals surface area contributed by atoms with Crippen molar-refractivity contribution in [2.45, 2.75) is 0 Å². The van der Waals surface area contributed by atoms with Crippen LogP contribution in [-0.2, 0) is 0 Å². The lowest BCUT2D eigenvalue weighted by atomic mass is 9.86. The van der Waals surface area contributed by atoms with Crippen LogP contribution in [0.15, 0.2) is 115 Å². The maximum Gasteiger partial charge on any atom is 0.145 e. The predicted molar refractivity (Wildman–Crippen MR) is 135 cm³/mol. The number of fused-ring (bicyclic) bond motifs is 2. The number of hydrogen-bond acceptors (Lipinski definition) is 1. The van der Waals surface area contributed by atoms with Crippen LogP contribution in [0, 0.1) is 0 Å². The quantitative estimate of drug-likeness (QED) is 0.315. The van der Waals surface area contributed by atoms with E-state index in [1.54, 1.807) is 0 Å². The lowest BCUT2D eigenvalue weighted by Crippen LogP contribution is -2.03. The summed E-state index contributed by atoms with van der Waals surface area (Å²) < 4.78 is 2.23. The van der Waals surface area contributed by atoms with Gasteiger partial charge in [-0.1, -0.05) is 96.5 Å². The highest BCUT2D eigenvalue weighted by molar-refractivity contribution is 6.39. The summed E-state index contributed by atoms with van der Waals surface area (Å²) >= 11 is 0. The topological polar surface area (TPSA) is 17.8 Å². The molecule has 0 N–H and O–H groups in total. The van der Waals surface area contributed by atoms with E-state index in [4.69, 9.17) is 12.8 Å². The molecule has 0 bridgehead atoms. The predicted octanol–water partition coefficient (Wildman–Crippen LogP) is 6.31. The van der Waals surface area contributed by atoms with Crippen LogP contribution in [0.3, 0.4) is 0 Å². The van der Waals surface area contributed by atoms with Crippen molar-refractivity contribution in [2.75, 3.05) is 0 Å². The first-order valence-electron chi connectivity index (χ1n) is 10.7. The molecule has 6 aromatic rings. The van der Waals surface area contributed by atoms with Gasteiger partial charge in [0.25, 0.3) is 0 Å². The lowest BCUT2D eigenvalue weighted by molar-refractivity contribution is 1.10. The van der Waals surface area contributed by atoms with Gasteiger partial charge in [0.15, 0.2) is 0 Å². The summed E-state index contributed by atoms with van der Waals surface area (Å²) in [4.78, 5) is 4.97. The Labute approximate surface area is 188 Å². The first-order valence-corrected chi connectivity index (χ1v) is 10.7. The van der Waals surface area contributed by atoms with Gasteiger partial charge < -0.3 is 0 Å². The number of hydrogen-bond donors (Lipinski definition) is 0. The zero-order valence-electron chi connectivity index (χ0n) is 17.4. The van der Waals surface area contributed by atoms with Crippen molar-refractivity contribution in [3.05, 3.63) is 115 Å². The lowest BCUT2D eigenvalue weighted by Gasteiger charge is -2.12. The summed E-state index contributed by atoms with van der Waals surface area (Å²) in [7, 11) is 6.20. The maximum absolute atomic E-state index is 6.20. The van der Waals surface area contributed by atoms with Crippen LogP contribution in [0.4, 0.5) is 0 Å². The smallest absolute Gasteiger partial charge is 0.145 e. The zero-order chi connectivity index (χ0) is 21.5. The minimum Gasteiger partial charge on any atom is -0.292 e. The Morgan fingerprint density at radius 2 is 1.22 bits per heavy atom. The summed E-state index contributed by atoms with van der Waals surface area (Å²) in [6, 6.07) is 39.7. The number of para-hydroxylation sites is 3. The van der Waals surface area contributed by atoms with Crippen molar-refractivity contribution in [3.63, 3.8) is 0 Å². The minimum atomic E-state index is 0.803. The minimum absolute atomic E-state index is 0.803. The summed E-state index contributed by atoms with van der Waals surface area (Å²) in [5, 5.41) is 2.25. The average molecular weight is 406 g/mol. The Balaban J connectivity index is 1.50. The molecule has 1 aromatic heterocycles. The Morgan fingerprint density at radius 3 is 2.03 bits per heavy atom. The molecule has 0 saturated heterocycles. The molecular formula is C29H19BN2. The number of imidazole rings is 1. The molecule has 3 heteroatoms. The molecule has 6 rings (SSSR count). The molecule has 148 valence electrons. The molecule has 1 heterocycles. The van der Waals surface area contributed by atoms with Crippen LogP contribution in [0.2, 0.25) is 0 Å². The van der Waals surface area contributed by atoms with Gasteiger partial charge in [0.05, 0.1) is 11.0 Å². The molecule has 0 fully saturated rings. The van der Waals surface area contributed by atoms with Gasteiger partial charge in [0, 0.05) is 11.3 Å². The number of nitrogens with zero attached hydrogens (tertiary/aromatic N) is 2. The van der Waals surface area contributed by atoms with Gasteiger partial charge in [-0.3, -0.25) is 4.57 Å². The van der Waals surface area contributed by atoms with Crippen LogP contribution in [-0.4, -0.2) is 17.4 Å². The monoisotopic (exact) mass is 406 g/mol. The molecule has 32 heavy (non-hydrogen) atoms. The fourth-order valence-electron chi connectivity index (χ4n) is 4.43. The normalized spacial score (nSPS) is 11.2. The van der Waals surface area contributed by atoms with Crippen LogP contribution in [0.1, 0.15) is 0 Å². The molecule has 0 saturated carbocycles. The van der Waals surface area contributed by atoms with E-state index in [1.807, 2.05) is 24.3 Å². The molecule has 0 aliphatic rings. The van der Waals surface area contributed by atoms with Crippen molar-refractivity contribution in [2.24, 2.45) is 0 Å². The fourth-order valence-corrected chi connectivity index (χ4v) is 4.43. The van der Waals surface area contributed by atoms with Crippen molar-refractivity contribution in [1.29, 1.82) is 0 Å². The average Bonchev–Trinajstić information content (AvgIpc) is 3.25. The van der Waals surface area contributed by atoms with Gasteiger partial charge in [-0.15, -0.1) is 0 Å². The van der Waals surface area contributed by atoms with Gasteiger partial charge in [0.1, 0.15) is 13.7 Å². The van der Waals surface area contributed by atoms with Gasteiger partial charge >= 0.3 is 0 Å². The van der Waals surface area contributed by atoms with Crippen LogP contribution in [0.25, 0.3) is 50.0 Å². The zero-order valence-corrected chi connectivity index (χ0v) is 17.4. The Kier molecular flexibility index (Phi) is 4.40. The van der Waals surface area contributed by atoms with E-state index in [2.05, 4.69) is 95.6 Å². The van der Waals surface area contributed by atoms with Gasteiger partial charge in [0.2, 0.25) is 0 Å². The standard InChI is InChI=1S/C29H19BN2/c30-26-19-18-23(24-10-4-5-11-25(24)26)20-14-16-21(17-15-20)29-31-27-12-6-7-13-28(27)32(29)22-8-2-1-3-9-22/h1-19H. The molecule has 0 aliphatic carbocycles. The maximum atomic E-state index is 6.20. The van der Waals surface area contributed by atoms with E-state index in [0.717, 1.165) is 49.9 Å². The first-order chi connectivity index (χ1) is 15.8. The Bertz CT molecular complexity index is 1560. The van der Waals surface area contributed by atoms with Crippen LogP contribution < -0.4 is 5.46 Å². The molecule has 0 aliphatic heterocycles. The molecule has 2 radical (unpaired) electrons. The van der Waals surface area contributed by atoms with E-state index >= 15 is 0 Å². The number of benzene rings is 5. The van der Waals surface area contributed by atoms with E-state index < -0.39 is 0 Å². The molecular weight excluding hydrogens is 387 g/mol. The van der Waals surface area contributed by atoms with E-state index in [-0.39, 0.29) is 0 Å². The molecule has 0 amide bonds. The van der Waals surface area contributed by atoms with E-state index in [1.165, 1.54) is 5.56 Å². The third kappa shape index (κ3) is 3.02. The fraction of sp³-hybridized carbons (Fsp3) is 0. The number of rotatable bonds is 3. The first kappa shape index (κ1) is 18.6. The molecule has 0 atom stereocenters. The van der Waals surface area contributed by atoms with Gasteiger partial charge in [-0.25, -0.2) is 4.98 Å². The Hall–Kier alpha value is -4.11. The molecule has 0 spiro atoms. The van der Waals surface area contributed by atoms with Crippen molar-refractivity contribution in [1.82, 2.24) is 9.55 Å². The van der Waals surface area contributed by atoms with Crippen LogP contribution >= 0.6 is 0 Å². The summed E-state index contributed by atoms with van der Waals surface area (Å²) in [5.41, 5.74) is 7.41. The molecule has 0 unspecified atom stereocenters. The second-order valence-corrected chi connectivity index (χ2v) is 7.92. The largest absolute Gasteiger partial charge is 0.292 e. The van der Waals surface area contributed by atoms with Crippen molar-refractivity contribution < 1.29 is 0 Å². The van der Waals surface area contributed by atoms with Gasteiger partial charge in [-0.2, -0.15) is 0 Å². The second kappa shape index (κ2) is 7.54. The van der Waals surface area contributed by atoms with Gasteiger partial charge in [-0.05, 0) is 46.2 Å². The van der Waals surface area contributed by atoms with Crippen molar-refractivity contribution >= 4 is 35.1 Å². The highest BCUT2D eigenvalue weighted by Crippen LogP contribution is 2.32. The third-order valence-electron chi connectivity index (χ3n) is 5.99. The SMILES string of the molecule is [B]c1ccc(-c2ccc(-c3nc4ccccc4n3-c3ccccc3)cc2)c2ccccc12.